The average molecular weight is 408 g/mol. The first kappa shape index (κ1) is 18.5. The minimum absolute atomic E-state index is 0.150. The Hall–Kier alpha value is -3.55. The van der Waals surface area contributed by atoms with Crippen molar-refractivity contribution in [2.24, 2.45) is 0 Å². The number of halogens is 2. The fourth-order valence-corrected chi connectivity index (χ4v) is 4.14. The van der Waals surface area contributed by atoms with Gasteiger partial charge in [-0.1, -0.05) is 11.2 Å². The average Bonchev–Trinajstić information content (AvgIpc) is 3.40. The number of imidazole rings is 1. The van der Waals surface area contributed by atoms with Gasteiger partial charge in [-0.3, -0.25) is 4.79 Å². The predicted molar refractivity (Wildman–Crippen MR) is 107 cm³/mol. The standard InChI is InChI=1S/C22H18F2N4O2/c1-11-21(12(2)30-27-11)13-3-6-17-18(9-13)26-22(25-17)19-7-8-20(29)28(19)14-4-5-15(23)16(24)10-14/h3-6,9-10,19H,7-8H2,1-2H3,(H,25,26). The molecule has 6 nitrogen and oxygen atoms in total. The molecular weight excluding hydrogens is 390 g/mol. The number of nitrogens with one attached hydrogen (secondary N) is 1. The molecular formula is C22H18F2N4O2. The summed E-state index contributed by atoms with van der Waals surface area (Å²) in [5.74, 6) is -0.742. The zero-order valence-corrected chi connectivity index (χ0v) is 16.4. The Morgan fingerprint density at radius 3 is 2.70 bits per heavy atom. The van der Waals surface area contributed by atoms with E-state index in [2.05, 4.69) is 15.1 Å². The molecule has 0 spiro atoms. The van der Waals surface area contributed by atoms with E-state index in [-0.39, 0.29) is 11.9 Å². The normalized spacial score (nSPS) is 16.7. The van der Waals surface area contributed by atoms with Crippen molar-refractivity contribution in [3.05, 3.63) is 65.3 Å². The van der Waals surface area contributed by atoms with E-state index in [9.17, 15) is 13.6 Å². The third-order valence-corrected chi connectivity index (χ3v) is 5.53. The van der Waals surface area contributed by atoms with Crippen LogP contribution in [0.25, 0.3) is 22.2 Å². The zero-order chi connectivity index (χ0) is 21.0. The van der Waals surface area contributed by atoms with Gasteiger partial charge in [0.25, 0.3) is 0 Å². The fraction of sp³-hybridized carbons (Fsp3) is 0.227. The predicted octanol–water partition coefficient (Wildman–Crippen LogP) is 4.98. The second-order valence-corrected chi connectivity index (χ2v) is 7.47. The molecule has 0 radical (unpaired) electrons. The number of amides is 1. The Balaban J connectivity index is 1.55. The smallest absolute Gasteiger partial charge is 0.227 e. The number of hydrogen-bond donors (Lipinski definition) is 1. The van der Waals surface area contributed by atoms with Crippen LogP contribution in [0.2, 0.25) is 0 Å². The highest BCUT2D eigenvalue weighted by molar-refractivity contribution is 5.96. The molecule has 1 N–H and O–H groups in total. The third-order valence-electron chi connectivity index (χ3n) is 5.53. The van der Waals surface area contributed by atoms with Crippen molar-refractivity contribution in [1.29, 1.82) is 0 Å². The van der Waals surface area contributed by atoms with Crippen molar-refractivity contribution in [1.82, 2.24) is 15.1 Å². The van der Waals surface area contributed by atoms with Crippen LogP contribution in [0.3, 0.4) is 0 Å². The quantitative estimate of drug-likeness (QED) is 0.519. The molecule has 5 rings (SSSR count). The number of aromatic nitrogens is 3. The largest absolute Gasteiger partial charge is 0.361 e. The molecule has 8 heteroatoms. The molecule has 1 atom stereocenters. The van der Waals surface area contributed by atoms with Gasteiger partial charge in [-0.25, -0.2) is 13.8 Å². The van der Waals surface area contributed by atoms with E-state index in [0.29, 0.717) is 24.4 Å². The van der Waals surface area contributed by atoms with E-state index < -0.39 is 11.6 Å². The van der Waals surface area contributed by atoms with Crippen LogP contribution in [0, 0.1) is 25.5 Å². The van der Waals surface area contributed by atoms with E-state index >= 15 is 0 Å². The number of carbonyl (C=O) groups is 1. The molecule has 30 heavy (non-hydrogen) atoms. The lowest BCUT2D eigenvalue weighted by molar-refractivity contribution is -0.117. The lowest BCUT2D eigenvalue weighted by Crippen LogP contribution is -2.28. The summed E-state index contributed by atoms with van der Waals surface area (Å²) in [6, 6.07) is 8.93. The molecule has 0 bridgehead atoms. The highest BCUT2D eigenvalue weighted by Gasteiger charge is 2.35. The topological polar surface area (TPSA) is 75.0 Å². The van der Waals surface area contributed by atoms with Crippen LogP contribution in [-0.2, 0) is 4.79 Å². The molecule has 0 aliphatic carbocycles. The number of aryl methyl sites for hydroxylation is 2. The van der Waals surface area contributed by atoms with Gasteiger partial charge >= 0.3 is 0 Å². The molecule has 152 valence electrons. The molecule has 1 fully saturated rings. The summed E-state index contributed by atoms with van der Waals surface area (Å²) in [4.78, 5) is 21.9. The van der Waals surface area contributed by atoms with Crippen LogP contribution in [-0.4, -0.2) is 21.0 Å². The molecule has 1 amide bonds. The van der Waals surface area contributed by atoms with Crippen molar-refractivity contribution in [2.45, 2.75) is 32.7 Å². The number of anilines is 1. The van der Waals surface area contributed by atoms with Crippen LogP contribution in [0.4, 0.5) is 14.5 Å². The monoisotopic (exact) mass is 408 g/mol. The first-order valence-corrected chi connectivity index (χ1v) is 9.62. The Kier molecular flexibility index (Phi) is 4.16. The van der Waals surface area contributed by atoms with Gasteiger partial charge in [-0.05, 0) is 50.1 Å². The molecule has 1 aliphatic heterocycles. The van der Waals surface area contributed by atoms with Crippen LogP contribution < -0.4 is 4.90 Å². The van der Waals surface area contributed by atoms with E-state index in [4.69, 9.17) is 4.52 Å². The summed E-state index contributed by atoms with van der Waals surface area (Å²) in [5, 5.41) is 4.00. The Bertz CT molecular complexity index is 1270. The molecule has 0 saturated carbocycles. The number of fused-ring (bicyclic) bond motifs is 1. The lowest BCUT2D eigenvalue weighted by Gasteiger charge is -2.23. The summed E-state index contributed by atoms with van der Waals surface area (Å²) in [6.07, 6.45) is 0.847. The fourth-order valence-electron chi connectivity index (χ4n) is 4.14. The highest BCUT2D eigenvalue weighted by atomic mass is 19.2. The summed E-state index contributed by atoms with van der Waals surface area (Å²) < 4.78 is 32.4. The maximum Gasteiger partial charge on any atom is 0.227 e. The number of nitrogens with zero attached hydrogens (tertiary/aromatic N) is 3. The Morgan fingerprint density at radius 1 is 1.13 bits per heavy atom. The summed E-state index contributed by atoms with van der Waals surface area (Å²) in [7, 11) is 0. The second-order valence-electron chi connectivity index (χ2n) is 7.47. The van der Waals surface area contributed by atoms with Crippen LogP contribution in [0.15, 0.2) is 40.9 Å². The lowest BCUT2D eigenvalue weighted by atomic mass is 10.0. The van der Waals surface area contributed by atoms with E-state index in [1.165, 1.54) is 11.0 Å². The minimum atomic E-state index is -0.986. The Labute approximate surface area is 170 Å². The molecule has 3 heterocycles. The third kappa shape index (κ3) is 2.87. The SMILES string of the molecule is Cc1noc(C)c1-c1ccc2nc(C3CCC(=O)N3c3ccc(F)c(F)c3)[nH]c2c1. The van der Waals surface area contributed by atoms with Gasteiger partial charge in [0.15, 0.2) is 11.6 Å². The van der Waals surface area contributed by atoms with Crippen molar-refractivity contribution < 1.29 is 18.1 Å². The van der Waals surface area contributed by atoms with Gasteiger partial charge in [-0.15, -0.1) is 0 Å². The molecule has 1 saturated heterocycles. The van der Waals surface area contributed by atoms with Gasteiger partial charge in [0.2, 0.25) is 5.91 Å². The van der Waals surface area contributed by atoms with Gasteiger partial charge in [0, 0.05) is 23.7 Å². The molecule has 2 aromatic heterocycles. The van der Waals surface area contributed by atoms with Crippen LogP contribution in [0.1, 0.15) is 36.2 Å². The van der Waals surface area contributed by atoms with Crippen molar-refractivity contribution in [3.63, 3.8) is 0 Å². The number of benzene rings is 2. The maximum atomic E-state index is 13.8. The van der Waals surface area contributed by atoms with Crippen LogP contribution in [0.5, 0.6) is 0 Å². The summed E-state index contributed by atoms with van der Waals surface area (Å²) in [6.45, 7) is 3.75. The van der Waals surface area contributed by atoms with E-state index in [1.54, 1.807) is 0 Å². The summed E-state index contributed by atoms with van der Waals surface area (Å²) >= 11 is 0. The van der Waals surface area contributed by atoms with Gasteiger partial charge in [0.05, 0.1) is 22.8 Å². The molecule has 1 aliphatic rings. The number of hydrogen-bond acceptors (Lipinski definition) is 4. The van der Waals surface area contributed by atoms with Crippen LogP contribution >= 0.6 is 0 Å². The second kappa shape index (κ2) is 6.76. The van der Waals surface area contributed by atoms with Gasteiger partial charge in [-0.2, -0.15) is 0 Å². The van der Waals surface area contributed by atoms with E-state index in [0.717, 1.165) is 45.7 Å². The molecule has 1 unspecified atom stereocenters. The maximum absolute atomic E-state index is 13.8. The van der Waals surface area contributed by atoms with Crippen molar-refractivity contribution in [2.75, 3.05) is 4.90 Å². The highest BCUT2D eigenvalue weighted by Crippen LogP contribution is 2.37. The molecule has 2 aromatic carbocycles. The first-order valence-electron chi connectivity index (χ1n) is 9.62. The van der Waals surface area contributed by atoms with Gasteiger partial charge in [0.1, 0.15) is 11.6 Å². The van der Waals surface area contributed by atoms with Crippen molar-refractivity contribution >= 4 is 22.6 Å². The van der Waals surface area contributed by atoms with Crippen molar-refractivity contribution in [3.8, 4) is 11.1 Å². The minimum Gasteiger partial charge on any atom is -0.361 e. The summed E-state index contributed by atoms with van der Waals surface area (Å²) in [5.41, 5.74) is 4.58. The number of aromatic amines is 1. The number of H-pyrrole nitrogens is 1. The van der Waals surface area contributed by atoms with Gasteiger partial charge < -0.3 is 14.4 Å². The zero-order valence-electron chi connectivity index (χ0n) is 16.4. The number of rotatable bonds is 3. The van der Waals surface area contributed by atoms with E-state index in [1.807, 2.05) is 32.0 Å². The number of carbonyl (C=O) groups excluding carboxylic acids is 1. The Morgan fingerprint density at radius 2 is 1.97 bits per heavy atom. The molecule has 4 aromatic rings. The first-order chi connectivity index (χ1) is 14.4.